The van der Waals surface area contributed by atoms with E-state index in [1.807, 2.05) is 10.9 Å². The molecule has 0 bridgehead atoms. The number of aryl methyl sites for hydroxylation is 1. The molecule has 1 aliphatic rings. The Hall–Kier alpha value is -0.830. The monoisotopic (exact) mass is 263 g/mol. The standard InChI is InChI=1S/C16H29N3/c1-4-19-12-15(11-18-19)10-17-13-16(9-14(2)3)7-5-6-8-16/h11-12,14,17H,4-10,13H2,1-3H3. The van der Waals surface area contributed by atoms with E-state index in [2.05, 4.69) is 37.4 Å². The molecule has 3 nitrogen and oxygen atoms in total. The van der Waals surface area contributed by atoms with Gasteiger partial charge in [-0.05, 0) is 37.5 Å². The van der Waals surface area contributed by atoms with Crippen LogP contribution in [0, 0.1) is 11.3 Å². The minimum Gasteiger partial charge on any atom is -0.312 e. The lowest BCUT2D eigenvalue weighted by Crippen LogP contribution is -2.33. The average molecular weight is 263 g/mol. The second-order valence-corrected chi connectivity index (χ2v) is 6.61. The average Bonchev–Trinajstić information content (AvgIpc) is 2.98. The molecule has 0 atom stereocenters. The SMILES string of the molecule is CCn1cc(CNCC2(CC(C)C)CCCC2)cn1. The molecule has 1 N–H and O–H groups in total. The Labute approximate surface area is 117 Å². The van der Waals surface area contributed by atoms with Gasteiger partial charge in [0.1, 0.15) is 0 Å². The smallest absolute Gasteiger partial charge is 0.0534 e. The molecule has 1 fully saturated rings. The highest BCUT2D eigenvalue weighted by atomic mass is 15.3. The first-order valence-electron chi connectivity index (χ1n) is 7.85. The third-order valence-corrected chi connectivity index (χ3v) is 4.35. The summed E-state index contributed by atoms with van der Waals surface area (Å²) in [6.45, 7) is 9.91. The summed E-state index contributed by atoms with van der Waals surface area (Å²) in [5, 5.41) is 8.00. The molecule has 2 rings (SSSR count). The summed E-state index contributed by atoms with van der Waals surface area (Å²) < 4.78 is 2.00. The molecule has 0 radical (unpaired) electrons. The number of aromatic nitrogens is 2. The Kier molecular flexibility index (Phi) is 5.03. The summed E-state index contributed by atoms with van der Waals surface area (Å²) in [5.41, 5.74) is 1.87. The summed E-state index contributed by atoms with van der Waals surface area (Å²) in [5.74, 6) is 0.808. The van der Waals surface area contributed by atoms with Crippen LogP contribution in [0.15, 0.2) is 12.4 Å². The molecule has 0 saturated heterocycles. The maximum Gasteiger partial charge on any atom is 0.0534 e. The lowest BCUT2D eigenvalue weighted by molar-refractivity contribution is 0.223. The Morgan fingerprint density at radius 2 is 2.11 bits per heavy atom. The minimum absolute atomic E-state index is 0.564. The normalized spacial score (nSPS) is 18.3. The Bertz CT molecular complexity index is 375. The van der Waals surface area contributed by atoms with Gasteiger partial charge >= 0.3 is 0 Å². The van der Waals surface area contributed by atoms with E-state index >= 15 is 0 Å². The molecule has 1 aromatic heterocycles. The molecule has 1 aromatic rings. The van der Waals surface area contributed by atoms with Crippen LogP contribution in [0.1, 0.15) is 58.4 Å². The number of nitrogens with zero attached hydrogens (tertiary/aromatic N) is 2. The second kappa shape index (κ2) is 6.56. The summed E-state index contributed by atoms with van der Waals surface area (Å²) >= 11 is 0. The van der Waals surface area contributed by atoms with Crippen LogP contribution in [-0.2, 0) is 13.1 Å². The van der Waals surface area contributed by atoms with Crippen molar-refractivity contribution >= 4 is 0 Å². The first kappa shape index (κ1) is 14.6. The van der Waals surface area contributed by atoms with Crippen LogP contribution in [0.3, 0.4) is 0 Å². The molecule has 19 heavy (non-hydrogen) atoms. The Morgan fingerprint density at radius 1 is 1.37 bits per heavy atom. The van der Waals surface area contributed by atoms with Gasteiger partial charge in [0, 0.05) is 31.4 Å². The van der Waals surface area contributed by atoms with Gasteiger partial charge in [-0.25, -0.2) is 0 Å². The zero-order valence-electron chi connectivity index (χ0n) is 12.8. The van der Waals surface area contributed by atoms with Crippen LogP contribution in [0.4, 0.5) is 0 Å². The first-order valence-corrected chi connectivity index (χ1v) is 7.85. The third kappa shape index (κ3) is 4.07. The van der Waals surface area contributed by atoms with Gasteiger partial charge in [-0.1, -0.05) is 26.7 Å². The van der Waals surface area contributed by atoms with E-state index < -0.39 is 0 Å². The molecule has 0 aromatic carbocycles. The van der Waals surface area contributed by atoms with E-state index in [1.54, 1.807) is 0 Å². The highest BCUT2D eigenvalue weighted by Gasteiger charge is 2.33. The van der Waals surface area contributed by atoms with Crippen LogP contribution in [-0.4, -0.2) is 16.3 Å². The van der Waals surface area contributed by atoms with Crippen molar-refractivity contribution in [2.45, 2.75) is 66.0 Å². The Balaban J connectivity index is 1.82. The van der Waals surface area contributed by atoms with Crippen molar-refractivity contribution in [2.24, 2.45) is 11.3 Å². The number of rotatable bonds is 7. The molecule has 0 spiro atoms. The van der Waals surface area contributed by atoms with Gasteiger partial charge in [-0.3, -0.25) is 4.68 Å². The van der Waals surface area contributed by atoms with Crippen molar-refractivity contribution in [1.29, 1.82) is 0 Å². The van der Waals surface area contributed by atoms with E-state index in [-0.39, 0.29) is 0 Å². The molecule has 1 aliphatic carbocycles. The fourth-order valence-corrected chi connectivity index (χ4v) is 3.59. The summed E-state index contributed by atoms with van der Waals surface area (Å²) in [7, 11) is 0. The van der Waals surface area contributed by atoms with Gasteiger partial charge < -0.3 is 5.32 Å². The molecular weight excluding hydrogens is 234 g/mol. The van der Waals surface area contributed by atoms with Crippen molar-refractivity contribution in [3.8, 4) is 0 Å². The zero-order valence-corrected chi connectivity index (χ0v) is 12.8. The van der Waals surface area contributed by atoms with Gasteiger partial charge in [0.2, 0.25) is 0 Å². The predicted octanol–water partition coefficient (Wildman–Crippen LogP) is 3.60. The Morgan fingerprint density at radius 3 is 2.68 bits per heavy atom. The van der Waals surface area contributed by atoms with Crippen molar-refractivity contribution in [2.75, 3.05) is 6.54 Å². The van der Waals surface area contributed by atoms with Crippen LogP contribution in [0.2, 0.25) is 0 Å². The molecule has 0 amide bonds. The van der Waals surface area contributed by atoms with Gasteiger partial charge in [0.25, 0.3) is 0 Å². The molecule has 1 saturated carbocycles. The third-order valence-electron chi connectivity index (χ3n) is 4.35. The van der Waals surface area contributed by atoms with Gasteiger partial charge in [-0.15, -0.1) is 0 Å². The quantitative estimate of drug-likeness (QED) is 0.814. The highest BCUT2D eigenvalue weighted by molar-refractivity contribution is 5.03. The van der Waals surface area contributed by atoms with E-state index in [4.69, 9.17) is 0 Å². The molecule has 0 aliphatic heterocycles. The predicted molar refractivity (Wildman–Crippen MR) is 80.0 cm³/mol. The maximum absolute atomic E-state index is 4.33. The molecular formula is C16H29N3. The minimum atomic E-state index is 0.564. The van der Waals surface area contributed by atoms with E-state index in [0.29, 0.717) is 5.41 Å². The highest BCUT2D eigenvalue weighted by Crippen LogP contribution is 2.42. The number of hydrogen-bond donors (Lipinski definition) is 1. The van der Waals surface area contributed by atoms with E-state index in [9.17, 15) is 0 Å². The van der Waals surface area contributed by atoms with Crippen molar-refractivity contribution in [3.63, 3.8) is 0 Å². The van der Waals surface area contributed by atoms with Crippen molar-refractivity contribution in [3.05, 3.63) is 18.0 Å². The van der Waals surface area contributed by atoms with Gasteiger partial charge in [0.15, 0.2) is 0 Å². The van der Waals surface area contributed by atoms with Gasteiger partial charge in [0.05, 0.1) is 6.20 Å². The van der Waals surface area contributed by atoms with Crippen molar-refractivity contribution < 1.29 is 0 Å². The lowest BCUT2D eigenvalue weighted by atomic mass is 9.78. The molecule has 0 unspecified atom stereocenters. The van der Waals surface area contributed by atoms with Crippen LogP contribution < -0.4 is 5.32 Å². The van der Waals surface area contributed by atoms with E-state index in [1.165, 1.54) is 44.2 Å². The van der Waals surface area contributed by atoms with Crippen LogP contribution in [0.5, 0.6) is 0 Å². The molecule has 1 heterocycles. The molecule has 108 valence electrons. The van der Waals surface area contributed by atoms with Gasteiger partial charge in [-0.2, -0.15) is 5.10 Å². The summed E-state index contributed by atoms with van der Waals surface area (Å²) in [6.07, 6.45) is 11.2. The fourth-order valence-electron chi connectivity index (χ4n) is 3.59. The summed E-state index contributed by atoms with van der Waals surface area (Å²) in [6, 6.07) is 0. The van der Waals surface area contributed by atoms with E-state index in [0.717, 1.165) is 19.0 Å². The first-order chi connectivity index (χ1) is 9.13. The topological polar surface area (TPSA) is 29.9 Å². The fraction of sp³-hybridized carbons (Fsp3) is 0.812. The molecule has 3 heteroatoms. The number of nitrogens with one attached hydrogen (secondary N) is 1. The second-order valence-electron chi connectivity index (χ2n) is 6.61. The number of hydrogen-bond acceptors (Lipinski definition) is 2. The lowest BCUT2D eigenvalue weighted by Gasteiger charge is -2.31. The van der Waals surface area contributed by atoms with Crippen LogP contribution in [0.25, 0.3) is 0 Å². The summed E-state index contributed by atoms with van der Waals surface area (Å²) in [4.78, 5) is 0. The maximum atomic E-state index is 4.33. The zero-order chi connectivity index (χ0) is 13.7. The van der Waals surface area contributed by atoms with Crippen LogP contribution >= 0.6 is 0 Å². The van der Waals surface area contributed by atoms with Crippen molar-refractivity contribution in [1.82, 2.24) is 15.1 Å². The largest absolute Gasteiger partial charge is 0.312 e.